The van der Waals surface area contributed by atoms with Crippen molar-refractivity contribution in [3.05, 3.63) is 29.8 Å². The Labute approximate surface area is 97.4 Å². The first-order valence-electron chi connectivity index (χ1n) is 4.96. The summed E-state index contributed by atoms with van der Waals surface area (Å²) in [6, 6.07) is 7.06. The van der Waals surface area contributed by atoms with E-state index in [9.17, 15) is 4.79 Å². The minimum atomic E-state index is -0.184. The normalized spacial score (nSPS) is 9.94. The highest BCUT2D eigenvalue weighted by molar-refractivity contribution is 5.99. The Balaban J connectivity index is 2.29. The van der Waals surface area contributed by atoms with Crippen molar-refractivity contribution in [1.29, 1.82) is 0 Å². The van der Waals surface area contributed by atoms with Gasteiger partial charge in [0.25, 0.3) is 5.91 Å². The van der Waals surface area contributed by atoms with Crippen LogP contribution in [0.5, 0.6) is 0 Å². The summed E-state index contributed by atoms with van der Waals surface area (Å²) in [4.78, 5) is 15.5. The van der Waals surface area contributed by atoms with Crippen molar-refractivity contribution >= 4 is 23.5 Å². The number of carbonyl (C=O) groups is 1. The fraction of sp³-hybridized carbons (Fsp3) is 0.100. The summed E-state index contributed by atoms with van der Waals surface area (Å²) in [6.45, 7) is 0. The van der Waals surface area contributed by atoms with Gasteiger partial charge in [-0.15, -0.1) is 5.10 Å². The van der Waals surface area contributed by atoms with Crippen LogP contribution in [0.15, 0.2) is 24.3 Å². The standard InChI is InChI=1S/C10H12N6O/c1-12-8(17)6-4-2-3-5-7(6)13-10-14-9(11)15-16-10/h2-5H,1H3,(H,12,17)(H4,11,13,14,15,16). The molecule has 1 heterocycles. The number of rotatable bonds is 3. The third-order valence-corrected chi connectivity index (χ3v) is 2.15. The molecule has 0 unspecified atom stereocenters. The number of aromatic amines is 1. The van der Waals surface area contributed by atoms with E-state index >= 15 is 0 Å². The molecule has 17 heavy (non-hydrogen) atoms. The number of hydrogen-bond donors (Lipinski definition) is 4. The van der Waals surface area contributed by atoms with E-state index in [1.165, 1.54) is 0 Å². The van der Waals surface area contributed by atoms with Crippen molar-refractivity contribution in [2.24, 2.45) is 0 Å². The topological polar surface area (TPSA) is 109 Å². The number of aromatic nitrogens is 3. The van der Waals surface area contributed by atoms with Gasteiger partial charge in [-0.2, -0.15) is 4.98 Å². The molecule has 1 aromatic heterocycles. The molecule has 2 rings (SSSR count). The van der Waals surface area contributed by atoms with Crippen LogP contribution in [-0.2, 0) is 0 Å². The van der Waals surface area contributed by atoms with Gasteiger partial charge in [0.2, 0.25) is 11.9 Å². The quantitative estimate of drug-likeness (QED) is 0.615. The highest BCUT2D eigenvalue weighted by Crippen LogP contribution is 2.18. The van der Waals surface area contributed by atoms with Crippen molar-refractivity contribution in [2.75, 3.05) is 18.1 Å². The monoisotopic (exact) mass is 232 g/mol. The molecule has 0 aliphatic rings. The van der Waals surface area contributed by atoms with E-state index in [4.69, 9.17) is 5.73 Å². The zero-order valence-electron chi connectivity index (χ0n) is 9.19. The lowest BCUT2D eigenvalue weighted by Gasteiger charge is -2.07. The van der Waals surface area contributed by atoms with Crippen LogP contribution in [0, 0.1) is 0 Å². The van der Waals surface area contributed by atoms with Crippen LogP contribution in [-0.4, -0.2) is 28.1 Å². The van der Waals surface area contributed by atoms with Crippen molar-refractivity contribution in [3.8, 4) is 0 Å². The molecule has 7 heteroatoms. The minimum Gasteiger partial charge on any atom is -0.368 e. The SMILES string of the molecule is CNC(=O)c1ccccc1Nc1n[nH]c(N)n1. The second-order valence-corrected chi connectivity index (χ2v) is 3.29. The first-order valence-corrected chi connectivity index (χ1v) is 4.96. The summed E-state index contributed by atoms with van der Waals surface area (Å²) in [5.74, 6) is 0.348. The van der Waals surface area contributed by atoms with E-state index in [1.54, 1.807) is 25.2 Å². The number of para-hydroxylation sites is 1. The highest BCUT2D eigenvalue weighted by atomic mass is 16.1. The second kappa shape index (κ2) is 4.52. The van der Waals surface area contributed by atoms with Crippen LogP contribution in [0.25, 0.3) is 0 Å². The van der Waals surface area contributed by atoms with Gasteiger partial charge in [-0.05, 0) is 12.1 Å². The van der Waals surface area contributed by atoms with Crippen LogP contribution in [0.1, 0.15) is 10.4 Å². The highest BCUT2D eigenvalue weighted by Gasteiger charge is 2.10. The van der Waals surface area contributed by atoms with Gasteiger partial charge in [0.05, 0.1) is 11.3 Å². The summed E-state index contributed by atoms with van der Waals surface area (Å²) in [6.07, 6.45) is 0. The Morgan fingerprint density at radius 1 is 1.41 bits per heavy atom. The molecule has 1 aromatic carbocycles. The zero-order chi connectivity index (χ0) is 12.3. The van der Waals surface area contributed by atoms with Crippen LogP contribution in [0.4, 0.5) is 17.6 Å². The summed E-state index contributed by atoms with van der Waals surface area (Å²) >= 11 is 0. The van der Waals surface area contributed by atoms with Crippen LogP contribution in [0.3, 0.4) is 0 Å². The molecule has 0 atom stereocenters. The lowest BCUT2D eigenvalue weighted by molar-refractivity contribution is 0.0964. The Morgan fingerprint density at radius 2 is 2.18 bits per heavy atom. The van der Waals surface area contributed by atoms with Gasteiger partial charge in [-0.1, -0.05) is 12.1 Å². The number of nitrogens with zero attached hydrogens (tertiary/aromatic N) is 2. The third kappa shape index (κ3) is 2.33. The largest absolute Gasteiger partial charge is 0.368 e. The number of nitrogens with two attached hydrogens (primary N) is 1. The summed E-state index contributed by atoms with van der Waals surface area (Å²) in [5.41, 5.74) is 6.54. The lowest BCUT2D eigenvalue weighted by atomic mass is 10.1. The Bertz CT molecular complexity index is 535. The van der Waals surface area contributed by atoms with Crippen molar-refractivity contribution in [2.45, 2.75) is 0 Å². The number of nitrogens with one attached hydrogen (secondary N) is 3. The van der Waals surface area contributed by atoms with Crippen LogP contribution in [0.2, 0.25) is 0 Å². The van der Waals surface area contributed by atoms with E-state index in [-0.39, 0.29) is 11.9 Å². The number of anilines is 3. The number of hydrogen-bond acceptors (Lipinski definition) is 5. The average molecular weight is 232 g/mol. The van der Waals surface area contributed by atoms with Gasteiger partial charge >= 0.3 is 0 Å². The summed E-state index contributed by atoms with van der Waals surface area (Å²) in [5, 5.41) is 11.8. The molecule has 0 bridgehead atoms. The zero-order valence-corrected chi connectivity index (χ0v) is 9.19. The molecular formula is C10H12N6O. The number of benzene rings is 1. The molecule has 0 aliphatic carbocycles. The Hall–Kier alpha value is -2.57. The van der Waals surface area contributed by atoms with Crippen molar-refractivity contribution in [1.82, 2.24) is 20.5 Å². The fourth-order valence-corrected chi connectivity index (χ4v) is 1.38. The molecule has 88 valence electrons. The maximum atomic E-state index is 11.6. The molecule has 0 fully saturated rings. The van der Waals surface area contributed by atoms with E-state index < -0.39 is 0 Å². The number of nitrogen functional groups attached to an aromatic ring is 1. The van der Waals surface area contributed by atoms with E-state index in [0.717, 1.165) is 0 Å². The third-order valence-electron chi connectivity index (χ3n) is 2.15. The van der Waals surface area contributed by atoms with E-state index in [1.807, 2.05) is 6.07 Å². The van der Waals surface area contributed by atoms with Gasteiger partial charge in [-0.3, -0.25) is 4.79 Å². The molecule has 0 saturated heterocycles. The molecule has 7 nitrogen and oxygen atoms in total. The summed E-state index contributed by atoms with van der Waals surface area (Å²) < 4.78 is 0. The van der Waals surface area contributed by atoms with E-state index in [0.29, 0.717) is 17.2 Å². The Morgan fingerprint density at radius 3 is 2.82 bits per heavy atom. The fourth-order valence-electron chi connectivity index (χ4n) is 1.38. The average Bonchev–Trinajstić information content (AvgIpc) is 2.74. The van der Waals surface area contributed by atoms with Crippen molar-refractivity contribution < 1.29 is 4.79 Å². The Kier molecular flexibility index (Phi) is 2.91. The molecular weight excluding hydrogens is 220 g/mol. The van der Waals surface area contributed by atoms with Gasteiger partial charge < -0.3 is 16.4 Å². The maximum Gasteiger partial charge on any atom is 0.253 e. The van der Waals surface area contributed by atoms with Crippen molar-refractivity contribution in [3.63, 3.8) is 0 Å². The predicted molar refractivity (Wildman–Crippen MR) is 63.9 cm³/mol. The maximum absolute atomic E-state index is 11.6. The first kappa shape index (κ1) is 10.9. The van der Waals surface area contributed by atoms with Gasteiger partial charge in [0.1, 0.15) is 0 Å². The second-order valence-electron chi connectivity index (χ2n) is 3.29. The van der Waals surface area contributed by atoms with Crippen LogP contribution < -0.4 is 16.4 Å². The lowest BCUT2D eigenvalue weighted by Crippen LogP contribution is -2.19. The molecule has 0 aliphatic heterocycles. The molecule has 2 aromatic rings. The van der Waals surface area contributed by atoms with Gasteiger partial charge in [-0.25, -0.2) is 5.10 Å². The molecule has 0 saturated carbocycles. The molecule has 1 amide bonds. The van der Waals surface area contributed by atoms with Crippen LogP contribution >= 0.6 is 0 Å². The minimum absolute atomic E-state index is 0.184. The summed E-state index contributed by atoms with van der Waals surface area (Å²) in [7, 11) is 1.57. The smallest absolute Gasteiger partial charge is 0.253 e. The first-order chi connectivity index (χ1) is 8.20. The molecule has 0 spiro atoms. The number of carbonyl (C=O) groups excluding carboxylic acids is 1. The van der Waals surface area contributed by atoms with Gasteiger partial charge in [0, 0.05) is 7.05 Å². The predicted octanol–water partition coefficient (Wildman–Crippen LogP) is 0.490. The number of amides is 1. The molecule has 5 N–H and O–H groups in total. The van der Waals surface area contributed by atoms with E-state index in [2.05, 4.69) is 25.8 Å². The number of H-pyrrole nitrogens is 1. The van der Waals surface area contributed by atoms with Gasteiger partial charge in [0.15, 0.2) is 0 Å². The molecule has 0 radical (unpaired) electrons.